The number of carboxylic acid groups (broad SMARTS) is 2. The molecule has 2 aromatic carbocycles. The van der Waals surface area contributed by atoms with Gasteiger partial charge in [-0.15, -0.1) is 0 Å². The molecule has 0 aliphatic rings. The van der Waals surface area contributed by atoms with Gasteiger partial charge in [0.2, 0.25) is 0 Å². The number of carbonyl (C=O) groups is 3. The predicted octanol–water partition coefficient (Wildman–Crippen LogP) is 1.21. The molecule has 1 atom stereocenters. The molecule has 0 aliphatic carbocycles. The second-order valence-corrected chi connectivity index (χ2v) is 5.09. The number of aliphatic carboxylic acids is 2. The zero-order valence-electron chi connectivity index (χ0n) is 11.7. The Labute approximate surface area is 126 Å². The van der Waals surface area contributed by atoms with Crippen LogP contribution in [0.5, 0.6) is 0 Å². The van der Waals surface area contributed by atoms with Gasteiger partial charge in [-0.2, -0.15) is 0 Å². The third-order valence-electron chi connectivity index (χ3n) is 3.54. The molecule has 2 aromatic rings. The molecule has 1 unspecified atom stereocenters. The van der Waals surface area contributed by atoms with Crippen LogP contribution in [0.15, 0.2) is 42.5 Å². The number of benzene rings is 2. The fourth-order valence-electron chi connectivity index (χ4n) is 2.31. The fraction of sp³-hybridized carbons (Fsp3) is 0.188. The molecule has 114 valence electrons. The van der Waals surface area contributed by atoms with E-state index in [1.807, 2.05) is 24.3 Å². The van der Waals surface area contributed by atoms with Gasteiger partial charge in [-0.1, -0.05) is 42.5 Å². The van der Waals surface area contributed by atoms with Crippen molar-refractivity contribution in [3.05, 3.63) is 48.0 Å². The van der Waals surface area contributed by atoms with E-state index in [2.05, 4.69) is 0 Å². The number of rotatable bonds is 6. The smallest absolute Gasteiger partial charge is 0.332 e. The van der Waals surface area contributed by atoms with E-state index < -0.39 is 29.7 Å². The Morgan fingerprint density at radius 3 is 2.27 bits per heavy atom. The van der Waals surface area contributed by atoms with E-state index in [4.69, 9.17) is 15.9 Å². The second kappa shape index (κ2) is 5.95. The van der Waals surface area contributed by atoms with Crippen LogP contribution < -0.4 is 5.73 Å². The van der Waals surface area contributed by atoms with Crippen LogP contribution in [-0.2, 0) is 20.8 Å². The summed E-state index contributed by atoms with van der Waals surface area (Å²) in [5, 5.41) is 19.6. The van der Waals surface area contributed by atoms with Gasteiger partial charge in [0.25, 0.3) is 0 Å². The third-order valence-corrected chi connectivity index (χ3v) is 3.54. The quantitative estimate of drug-likeness (QED) is 0.690. The average Bonchev–Trinajstić information content (AvgIpc) is 2.46. The van der Waals surface area contributed by atoms with E-state index in [1.165, 1.54) is 0 Å². The Hall–Kier alpha value is -2.73. The van der Waals surface area contributed by atoms with E-state index >= 15 is 0 Å². The van der Waals surface area contributed by atoms with Gasteiger partial charge in [0.1, 0.15) is 0 Å². The number of nitrogens with two attached hydrogens (primary N) is 1. The predicted molar refractivity (Wildman–Crippen MR) is 79.5 cm³/mol. The van der Waals surface area contributed by atoms with E-state index in [0.29, 0.717) is 5.56 Å². The van der Waals surface area contributed by atoms with Gasteiger partial charge in [0.05, 0.1) is 6.42 Å². The number of Topliss-reactive ketones (excluding diaryl/α,β-unsaturated/α-hetero) is 1. The van der Waals surface area contributed by atoms with Crippen LogP contribution in [0.1, 0.15) is 12.0 Å². The molecule has 6 heteroatoms. The van der Waals surface area contributed by atoms with E-state index in [1.54, 1.807) is 18.2 Å². The maximum absolute atomic E-state index is 12.3. The lowest BCUT2D eigenvalue weighted by Crippen LogP contribution is -2.56. The van der Waals surface area contributed by atoms with Gasteiger partial charge in [-0.3, -0.25) is 9.59 Å². The second-order valence-electron chi connectivity index (χ2n) is 5.09. The molecule has 0 heterocycles. The number of hydrogen-bond donors (Lipinski definition) is 3. The first-order chi connectivity index (χ1) is 10.3. The molecule has 6 nitrogen and oxygen atoms in total. The molecule has 22 heavy (non-hydrogen) atoms. The van der Waals surface area contributed by atoms with E-state index in [0.717, 1.165) is 10.8 Å². The summed E-state index contributed by atoms with van der Waals surface area (Å²) in [5.74, 6) is -3.91. The molecular formula is C16H15NO5. The minimum atomic E-state index is -2.43. The van der Waals surface area contributed by atoms with Crippen LogP contribution in [0.25, 0.3) is 10.8 Å². The van der Waals surface area contributed by atoms with Crippen molar-refractivity contribution in [3.63, 3.8) is 0 Å². The summed E-state index contributed by atoms with van der Waals surface area (Å²) in [6, 6.07) is 12.7. The van der Waals surface area contributed by atoms with Gasteiger partial charge >= 0.3 is 11.9 Å². The number of carbonyl (C=O) groups excluding carboxylic acids is 1. The molecule has 0 bridgehead atoms. The average molecular weight is 301 g/mol. The molecule has 0 fully saturated rings. The van der Waals surface area contributed by atoms with Crippen molar-refractivity contribution < 1.29 is 24.6 Å². The zero-order chi connectivity index (χ0) is 16.3. The number of ketones is 1. The number of hydrogen-bond acceptors (Lipinski definition) is 4. The van der Waals surface area contributed by atoms with Crippen LogP contribution in [-0.4, -0.2) is 33.5 Å². The highest BCUT2D eigenvalue weighted by Gasteiger charge is 2.43. The minimum Gasteiger partial charge on any atom is -0.481 e. The maximum Gasteiger partial charge on any atom is 0.332 e. The van der Waals surface area contributed by atoms with Gasteiger partial charge in [-0.25, -0.2) is 4.79 Å². The summed E-state index contributed by atoms with van der Waals surface area (Å²) in [5.41, 5.74) is 3.73. The summed E-state index contributed by atoms with van der Waals surface area (Å²) in [6.45, 7) is 0. The molecule has 0 saturated heterocycles. The normalized spacial score (nSPS) is 13.5. The Kier molecular flexibility index (Phi) is 4.23. The molecule has 0 amide bonds. The van der Waals surface area contributed by atoms with Gasteiger partial charge < -0.3 is 15.9 Å². The van der Waals surface area contributed by atoms with Crippen molar-refractivity contribution in [1.82, 2.24) is 0 Å². The topological polar surface area (TPSA) is 118 Å². The highest BCUT2D eigenvalue weighted by molar-refractivity contribution is 6.11. The lowest BCUT2D eigenvalue weighted by Gasteiger charge is -2.21. The van der Waals surface area contributed by atoms with Gasteiger partial charge in [0.15, 0.2) is 11.3 Å². The first-order valence-corrected chi connectivity index (χ1v) is 6.58. The zero-order valence-corrected chi connectivity index (χ0v) is 11.7. The third kappa shape index (κ3) is 2.96. The fourth-order valence-corrected chi connectivity index (χ4v) is 2.31. The van der Waals surface area contributed by atoms with Crippen molar-refractivity contribution in [2.24, 2.45) is 5.73 Å². The highest BCUT2D eigenvalue weighted by atomic mass is 16.4. The SMILES string of the molecule is NC(CC(=O)O)(C(=O)O)C(=O)Cc1cccc2ccccc12. The van der Waals surface area contributed by atoms with Crippen molar-refractivity contribution in [2.75, 3.05) is 0 Å². The van der Waals surface area contributed by atoms with Crippen LogP contribution in [0.3, 0.4) is 0 Å². The van der Waals surface area contributed by atoms with Crippen molar-refractivity contribution in [1.29, 1.82) is 0 Å². The van der Waals surface area contributed by atoms with Crippen LogP contribution in [0, 0.1) is 0 Å². The summed E-state index contributed by atoms with van der Waals surface area (Å²) >= 11 is 0. The standard InChI is InChI=1S/C16H15NO5/c17-16(15(21)22,9-14(19)20)13(18)8-11-6-3-5-10-4-1-2-7-12(10)11/h1-7H,8-9,17H2,(H,19,20)(H,21,22). The molecular weight excluding hydrogens is 286 g/mol. The lowest BCUT2D eigenvalue weighted by atomic mass is 9.86. The molecule has 0 saturated carbocycles. The largest absolute Gasteiger partial charge is 0.481 e. The lowest BCUT2D eigenvalue weighted by molar-refractivity contribution is -0.154. The summed E-state index contributed by atoms with van der Waals surface area (Å²) in [7, 11) is 0. The minimum absolute atomic E-state index is 0.239. The first kappa shape index (κ1) is 15.7. The van der Waals surface area contributed by atoms with E-state index in [9.17, 15) is 14.4 Å². The van der Waals surface area contributed by atoms with Crippen molar-refractivity contribution >= 4 is 28.5 Å². The van der Waals surface area contributed by atoms with Crippen LogP contribution in [0.2, 0.25) is 0 Å². The van der Waals surface area contributed by atoms with Gasteiger partial charge in [-0.05, 0) is 16.3 Å². The Morgan fingerprint density at radius 2 is 1.64 bits per heavy atom. The molecule has 0 aliphatic heterocycles. The van der Waals surface area contributed by atoms with Gasteiger partial charge in [0, 0.05) is 6.42 Å². The Bertz CT molecular complexity index is 750. The van der Waals surface area contributed by atoms with Crippen molar-refractivity contribution in [2.45, 2.75) is 18.4 Å². The molecule has 4 N–H and O–H groups in total. The number of carboxylic acids is 2. The highest BCUT2D eigenvalue weighted by Crippen LogP contribution is 2.21. The molecule has 0 spiro atoms. The maximum atomic E-state index is 12.3. The first-order valence-electron chi connectivity index (χ1n) is 6.58. The summed E-state index contributed by atoms with van der Waals surface area (Å²) in [6.07, 6.45) is -1.19. The van der Waals surface area contributed by atoms with Crippen molar-refractivity contribution in [3.8, 4) is 0 Å². The molecule has 0 aromatic heterocycles. The van der Waals surface area contributed by atoms with E-state index in [-0.39, 0.29) is 6.42 Å². The van der Waals surface area contributed by atoms with Crippen LogP contribution in [0.4, 0.5) is 0 Å². The summed E-state index contributed by atoms with van der Waals surface area (Å²) in [4.78, 5) is 34.3. The summed E-state index contributed by atoms with van der Waals surface area (Å²) < 4.78 is 0. The Balaban J connectivity index is 2.37. The monoisotopic (exact) mass is 301 g/mol. The Morgan fingerprint density at radius 1 is 1.00 bits per heavy atom. The number of fused-ring (bicyclic) bond motifs is 1. The molecule has 0 radical (unpaired) electrons. The molecule has 2 rings (SSSR count). The van der Waals surface area contributed by atoms with Crippen LogP contribution >= 0.6 is 0 Å².